The van der Waals surface area contributed by atoms with E-state index in [1.807, 2.05) is 50.1 Å². The lowest BCUT2D eigenvalue weighted by Gasteiger charge is -2.19. The van der Waals surface area contributed by atoms with Gasteiger partial charge in [-0.15, -0.1) is 11.3 Å². The maximum absolute atomic E-state index is 9.28. The van der Waals surface area contributed by atoms with Crippen LogP contribution in [0.15, 0.2) is 24.3 Å². The van der Waals surface area contributed by atoms with Crippen molar-refractivity contribution in [2.45, 2.75) is 13.8 Å². The van der Waals surface area contributed by atoms with E-state index in [2.05, 4.69) is 9.83 Å². The minimum absolute atomic E-state index is 0.0424. The standard InChI is InChI=1S/C18H18N4OS/c1-11-5-7-13(8-6-11)15-20-16(22(4)9-10-23)14-12(2)17(19-3)24-18(14)21-15/h5-8,23H,9-10H2,1-2,4H3. The Morgan fingerprint density at radius 1 is 1.21 bits per heavy atom. The zero-order valence-electron chi connectivity index (χ0n) is 13.9. The van der Waals surface area contributed by atoms with E-state index in [-0.39, 0.29) is 6.61 Å². The molecule has 0 amide bonds. The van der Waals surface area contributed by atoms with Gasteiger partial charge in [-0.2, -0.15) is 0 Å². The van der Waals surface area contributed by atoms with Crippen molar-refractivity contribution in [3.63, 3.8) is 0 Å². The highest BCUT2D eigenvalue weighted by Crippen LogP contribution is 2.41. The summed E-state index contributed by atoms with van der Waals surface area (Å²) in [7, 11) is 1.89. The molecule has 1 aromatic carbocycles. The molecule has 2 heterocycles. The molecule has 5 nitrogen and oxygen atoms in total. The van der Waals surface area contributed by atoms with Crippen LogP contribution in [-0.2, 0) is 0 Å². The predicted octanol–water partition coefficient (Wildman–Crippen LogP) is 3.95. The Hall–Kier alpha value is -2.49. The van der Waals surface area contributed by atoms with Crippen molar-refractivity contribution in [3.05, 3.63) is 46.8 Å². The van der Waals surface area contributed by atoms with Gasteiger partial charge in [-0.25, -0.2) is 14.8 Å². The Bertz CT molecular complexity index is 925. The number of rotatable bonds is 4. The van der Waals surface area contributed by atoms with Gasteiger partial charge in [-0.05, 0) is 19.4 Å². The molecule has 24 heavy (non-hydrogen) atoms. The van der Waals surface area contributed by atoms with Crippen LogP contribution in [0.25, 0.3) is 26.4 Å². The van der Waals surface area contributed by atoms with Gasteiger partial charge in [0.2, 0.25) is 5.00 Å². The van der Waals surface area contributed by atoms with Crippen LogP contribution in [0.1, 0.15) is 11.1 Å². The van der Waals surface area contributed by atoms with Crippen LogP contribution >= 0.6 is 11.3 Å². The Kier molecular flexibility index (Phi) is 4.47. The summed E-state index contributed by atoms with van der Waals surface area (Å²) in [5.74, 6) is 1.40. The van der Waals surface area contributed by atoms with Crippen molar-refractivity contribution in [1.82, 2.24) is 9.97 Å². The fourth-order valence-corrected chi connectivity index (χ4v) is 3.54. The lowest BCUT2D eigenvalue weighted by Crippen LogP contribution is -2.22. The Morgan fingerprint density at radius 2 is 1.92 bits per heavy atom. The van der Waals surface area contributed by atoms with E-state index < -0.39 is 0 Å². The molecule has 0 unspecified atom stereocenters. The zero-order valence-corrected chi connectivity index (χ0v) is 14.7. The quantitative estimate of drug-likeness (QED) is 0.732. The summed E-state index contributed by atoms with van der Waals surface area (Å²) in [4.78, 5) is 15.7. The van der Waals surface area contributed by atoms with Crippen LogP contribution in [0.2, 0.25) is 0 Å². The summed E-state index contributed by atoms with van der Waals surface area (Å²) < 4.78 is 0. The number of benzene rings is 1. The fraction of sp³-hybridized carbons (Fsp3) is 0.278. The van der Waals surface area contributed by atoms with Crippen LogP contribution in [-0.4, -0.2) is 35.3 Å². The fourth-order valence-electron chi connectivity index (χ4n) is 2.58. The first kappa shape index (κ1) is 16.4. The van der Waals surface area contributed by atoms with Gasteiger partial charge >= 0.3 is 0 Å². The van der Waals surface area contributed by atoms with Crippen molar-refractivity contribution in [3.8, 4) is 11.4 Å². The number of aliphatic hydroxyl groups is 1. The van der Waals surface area contributed by atoms with Crippen LogP contribution in [0.4, 0.5) is 10.8 Å². The summed E-state index contributed by atoms with van der Waals surface area (Å²) in [5.41, 5.74) is 3.02. The second-order valence-electron chi connectivity index (χ2n) is 5.71. The number of aliphatic hydroxyl groups excluding tert-OH is 1. The van der Waals surface area contributed by atoms with Crippen molar-refractivity contribution in [2.24, 2.45) is 0 Å². The third kappa shape index (κ3) is 2.84. The minimum atomic E-state index is 0.0424. The molecule has 0 aliphatic carbocycles. The molecule has 2 aromatic heterocycles. The number of thiophene rings is 1. The molecule has 0 spiro atoms. The van der Waals surface area contributed by atoms with Crippen LogP contribution in [0, 0.1) is 20.4 Å². The molecule has 0 saturated carbocycles. The second-order valence-corrected chi connectivity index (χ2v) is 6.68. The molecule has 3 aromatic rings. The van der Waals surface area contributed by atoms with E-state index in [1.165, 1.54) is 16.9 Å². The van der Waals surface area contributed by atoms with Gasteiger partial charge in [0.25, 0.3) is 0 Å². The first-order valence-corrected chi connectivity index (χ1v) is 8.44. The highest BCUT2D eigenvalue weighted by molar-refractivity contribution is 7.22. The highest BCUT2D eigenvalue weighted by Gasteiger charge is 2.19. The first-order valence-electron chi connectivity index (χ1n) is 7.62. The maximum Gasteiger partial charge on any atom is 0.246 e. The van der Waals surface area contributed by atoms with Gasteiger partial charge in [0, 0.05) is 24.5 Å². The van der Waals surface area contributed by atoms with E-state index in [4.69, 9.17) is 11.6 Å². The summed E-state index contributed by atoms with van der Waals surface area (Å²) in [6.45, 7) is 11.8. The van der Waals surface area contributed by atoms with E-state index >= 15 is 0 Å². The summed E-state index contributed by atoms with van der Waals surface area (Å²) in [5, 5.41) is 10.8. The molecule has 6 heteroatoms. The molecule has 0 saturated heterocycles. The molecule has 1 N–H and O–H groups in total. The summed E-state index contributed by atoms with van der Waals surface area (Å²) in [6, 6.07) is 8.07. The molecule has 3 rings (SSSR count). The van der Waals surface area contributed by atoms with Crippen molar-refractivity contribution in [2.75, 3.05) is 25.1 Å². The van der Waals surface area contributed by atoms with Gasteiger partial charge in [0.05, 0.1) is 13.2 Å². The van der Waals surface area contributed by atoms with Crippen molar-refractivity contribution in [1.29, 1.82) is 0 Å². The van der Waals surface area contributed by atoms with E-state index in [0.29, 0.717) is 17.4 Å². The van der Waals surface area contributed by atoms with Crippen LogP contribution in [0.5, 0.6) is 0 Å². The van der Waals surface area contributed by atoms with Crippen LogP contribution < -0.4 is 4.90 Å². The number of anilines is 1. The largest absolute Gasteiger partial charge is 0.395 e. The molecule has 122 valence electrons. The summed E-state index contributed by atoms with van der Waals surface area (Å²) in [6.07, 6.45) is 0. The number of hydrogen-bond donors (Lipinski definition) is 1. The maximum atomic E-state index is 9.28. The third-order valence-electron chi connectivity index (χ3n) is 3.95. The number of likely N-dealkylation sites (N-methyl/N-ethyl adjacent to an activating group) is 1. The second kappa shape index (κ2) is 6.56. The molecule has 0 fully saturated rings. The third-order valence-corrected chi connectivity index (χ3v) is 5.03. The molecular weight excluding hydrogens is 320 g/mol. The number of aryl methyl sites for hydroxylation is 2. The Labute approximate surface area is 145 Å². The van der Waals surface area contributed by atoms with Crippen molar-refractivity contribution < 1.29 is 5.11 Å². The lowest BCUT2D eigenvalue weighted by atomic mass is 10.1. The van der Waals surface area contributed by atoms with Gasteiger partial charge in [0.15, 0.2) is 5.82 Å². The molecule has 0 radical (unpaired) electrons. The number of nitrogens with zero attached hydrogens (tertiary/aromatic N) is 4. The van der Waals surface area contributed by atoms with E-state index in [1.54, 1.807) is 0 Å². The SMILES string of the molecule is [C-]#[N+]c1sc2nc(-c3ccc(C)cc3)nc(N(C)CCO)c2c1C. The average Bonchev–Trinajstić information content (AvgIpc) is 2.91. The lowest BCUT2D eigenvalue weighted by molar-refractivity contribution is 0.304. The minimum Gasteiger partial charge on any atom is -0.395 e. The number of hydrogen-bond acceptors (Lipinski definition) is 5. The van der Waals surface area contributed by atoms with Crippen molar-refractivity contribution >= 4 is 32.4 Å². The van der Waals surface area contributed by atoms with Gasteiger partial charge < -0.3 is 10.0 Å². The van der Waals surface area contributed by atoms with Crippen LogP contribution in [0.3, 0.4) is 0 Å². The number of aromatic nitrogens is 2. The molecule has 0 aliphatic heterocycles. The topological polar surface area (TPSA) is 53.6 Å². The normalized spacial score (nSPS) is 10.8. The molecule has 0 aliphatic rings. The van der Waals surface area contributed by atoms with Gasteiger partial charge in [-0.3, -0.25) is 0 Å². The van der Waals surface area contributed by atoms with E-state index in [9.17, 15) is 5.11 Å². The predicted molar refractivity (Wildman–Crippen MR) is 98.9 cm³/mol. The average molecular weight is 338 g/mol. The molecule has 0 bridgehead atoms. The Morgan fingerprint density at radius 3 is 2.54 bits per heavy atom. The molecule has 0 atom stereocenters. The summed E-state index contributed by atoms with van der Waals surface area (Å²) >= 11 is 1.39. The van der Waals surface area contributed by atoms with E-state index in [0.717, 1.165) is 27.2 Å². The first-order chi connectivity index (χ1) is 11.5. The number of fused-ring (bicyclic) bond motifs is 1. The zero-order chi connectivity index (χ0) is 17.3. The monoisotopic (exact) mass is 338 g/mol. The van der Waals surface area contributed by atoms with Gasteiger partial charge in [-0.1, -0.05) is 29.8 Å². The Balaban J connectivity index is 2.26. The molecular formula is C18H18N4OS. The van der Waals surface area contributed by atoms with Gasteiger partial charge in [0.1, 0.15) is 10.6 Å². The smallest absolute Gasteiger partial charge is 0.246 e. The highest BCUT2D eigenvalue weighted by atomic mass is 32.1.